The van der Waals surface area contributed by atoms with Crippen LogP contribution in [0, 0.1) is 17.3 Å². The van der Waals surface area contributed by atoms with E-state index in [2.05, 4.69) is 17.0 Å². The average Bonchev–Trinajstić information content (AvgIpc) is 3.67. The van der Waals surface area contributed by atoms with Gasteiger partial charge in [0, 0.05) is 42.0 Å². The van der Waals surface area contributed by atoms with Crippen molar-refractivity contribution in [3.8, 4) is 11.5 Å². The molecule has 4 saturated carbocycles. The molecule has 9 rings (SSSR count). The number of fused-ring (bicyclic) bond motifs is 2. The first-order chi connectivity index (χ1) is 18.9. The van der Waals surface area contributed by atoms with Crippen molar-refractivity contribution < 1.29 is 22.6 Å². The predicted molar refractivity (Wildman–Crippen MR) is 149 cm³/mol. The largest absolute Gasteiger partial charge is 0.493 e. The Morgan fingerprint density at radius 1 is 1.05 bits per heavy atom. The summed E-state index contributed by atoms with van der Waals surface area (Å²) in [5, 5.41) is 0. The van der Waals surface area contributed by atoms with Crippen LogP contribution in [0.3, 0.4) is 0 Å². The highest BCUT2D eigenvalue weighted by molar-refractivity contribution is 7.90. The Morgan fingerprint density at radius 3 is 2.62 bits per heavy atom. The quantitative estimate of drug-likeness (QED) is 0.482. The van der Waals surface area contributed by atoms with Gasteiger partial charge in [-0.2, -0.15) is 0 Å². The van der Waals surface area contributed by atoms with Gasteiger partial charge in [-0.25, -0.2) is 8.42 Å². The van der Waals surface area contributed by atoms with Crippen LogP contribution in [-0.4, -0.2) is 64.1 Å². The molecule has 5 fully saturated rings. The second-order valence-corrected chi connectivity index (χ2v) is 15.4. The predicted octanol–water partition coefficient (Wildman–Crippen LogP) is 4.53. The first-order valence-corrected chi connectivity index (χ1v) is 16.6. The van der Waals surface area contributed by atoms with E-state index in [1.54, 1.807) is 14.2 Å². The zero-order valence-corrected chi connectivity index (χ0v) is 23.8. The number of hydrogen-bond acceptors (Lipinski definition) is 6. The third kappa shape index (κ3) is 3.18. The van der Waals surface area contributed by atoms with Gasteiger partial charge >= 0.3 is 0 Å². The Morgan fingerprint density at radius 2 is 1.87 bits per heavy atom. The van der Waals surface area contributed by atoms with Gasteiger partial charge in [0.1, 0.15) is 11.7 Å². The molecule has 208 valence electrons. The van der Waals surface area contributed by atoms with Crippen molar-refractivity contribution in [1.29, 1.82) is 0 Å². The molecule has 1 saturated heterocycles. The van der Waals surface area contributed by atoms with Crippen molar-refractivity contribution in [2.24, 2.45) is 17.3 Å². The van der Waals surface area contributed by atoms with Crippen molar-refractivity contribution in [2.45, 2.75) is 73.9 Å². The molecule has 2 aliphatic heterocycles. The third-order valence-electron chi connectivity index (χ3n) is 11.7. The minimum absolute atomic E-state index is 0.0113. The van der Waals surface area contributed by atoms with Crippen LogP contribution in [0.5, 0.6) is 11.5 Å². The molecule has 2 heterocycles. The monoisotopic (exact) mass is 549 g/mol. The second kappa shape index (κ2) is 8.23. The zero-order valence-electron chi connectivity index (χ0n) is 23.0. The highest BCUT2D eigenvalue weighted by atomic mass is 32.2. The van der Waals surface area contributed by atoms with E-state index < -0.39 is 15.4 Å². The summed E-state index contributed by atoms with van der Waals surface area (Å²) >= 11 is 0. The maximum absolute atomic E-state index is 13.8. The van der Waals surface area contributed by atoms with E-state index in [4.69, 9.17) is 14.2 Å². The molecule has 5 aliphatic carbocycles. The minimum Gasteiger partial charge on any atom is -0.493 e. The fourth-order valence-electron chi connectivity index (χ4n) is 10.1. The molecular weight excluding hydrogens is 510 g/mol. The van der Waals surface area contributed by atoms with Crippen LogP contribution in [0.2, 0.25) is 0 Å². The molecule has 7 heteroatoms. The summed E-state index contributed by atoms with van der Waals surface area (Å²) < 4.78 is 47.0. The smallest absolute Gasteiger partial charge is 0.165 e. The molecule has 2 spiro atoms. The molecule has 0 N–H and O–H groups in total. The number of rotatable bonds is 8. The van der Waals surface area contributed by atoms with E-state index in [0.29, 0.717) is 6.04 Å². The fraction of sp³-hybridized carbons (Fsp3) is 0.625. The maximum atomic E-state index is 13.8. The summed E-state index contributed by atoms with van der Waals surface area (Å²) in [7, 11) is 0.157. The van der Waals surface area contributed by atoms with Crippen LogP contribution in [-0.2, 0) is 32.2 Å². The third-order valence-corrected chi connectivity index (χ3v) is 13.4. The molecule has 1 unspecified atom stereocenters. The van der Waals surface area contributed by atoms with E-state index in [9.17, 15) is 8.42 Å². The Bertz CT molecular complexity index is 1420. The lowest BCUT2D eigenvalue weighted by Crippen LogP contribution is -2.81. The van der Waals surface area contributed by atoms with Gasteiger partial charge in [-0.05, 0) is 74.6 Å². The first kappa shape index (κ1) is 24.7. The maximum Gasteiger partial charge on any atom is 0.165 e. The summed E-state index contributed by atoms with van der Waals surface area (Å²) in [6.07, 6.45) is 7.36. The van der Waals surface area contributed by atoms with Crippen LogP contribution in [0.15, 0.2) is 42.5 Å². The highest BCUT2D eigenvalue weighted by Gasteiger charge is 2.80. The number of benzene rings is 2. The number of methoxy groups -OCH3 is 2. The Kier molecular flexibility index (Phi) is 5.21. The minimum atomic E-state index is -3.36. The number of sulfone groups is 1. The number of likely N-dealkylation sites (tertiary alicyclic amines) is 1. The van der Waals surface area contributed by atoms with Crippen LogP contribution >= 0.6 is 0 Å². The Labute approximate surface area is 231 Å². The number of nitrogens with zero attached hydrogens (tertiary/aromatic N) is 1. The molecule has 6 nitrogen and oxygen atoms in total. The summed E-state index contributed by atoms with van der Waals surface area (Å²) in [5.41, 5.74) is 2.82. The van der Waals surface area contributed by atoms with Crippen LogP contribution in [0.25, 0.3) is 0 Å². The molecule has 39 heavy (non-hydrogen) atoms. The van der Waals surface area contributed by atoms with Crippen molar-refractivity contribution in [1.82, 2.24) is 4.90 Å². The average molecular weight is 550 g/mol. The number of hydrogen-bond donors (Lipinski definition) is 0. The lowest BCUT2D eigenvalue weighted by molar-refractivity contribution is -0.273. The van der Waals surface area contributed by atoms with Crippen LogP contribution in [0.1, 0.15) is 55.2 Å². The van der Waals surface area contributed by atoms with E-state index in [1.165, 1.54) is 30.5 Å². The lowest BCUT2D eigenvalue weighted by atomic mass is 9.35. The second-order valence-electron chi connectivity index (χ2n) is 13.3. The number of piperidine rings is 1. The topological polar surface area (TPSA) is 65.1 Å². The zero-order chi connectivity index (χ0) is 26.6. The Balaban J connectivity index is 1.26. The lowest BCUT2D eigenvalue weighted by Gasteiger charge is -2.74. The normalized spacial score (nSPS) is 37.8. The fourth-order valence-corrected chi connectivity index (χ4v) is 11.9. The van der Waals surface area contributed by atoms with Gasteiger partial charge < -0.3 is 14.2 Å². The summed E-state index contributed by atoms with van der Waals surface area (Å²) in [6.45, 7) is 2.26. The van der Waals surface area contributed by atoms with Gasteiger partial charge in [-0.1, -0.05) is 36.4 Å². The molecule has 0 aromatic heterocycles. The van der Waals surface area contributed by atoms with Crippen LogP contribution in [0.4, 0.5) is 0 Å². The van der Waals surface area contributed by atoms with Crippen molar-refractivity contribution in [2.75, 3.05) is 33.1 Å². The van der Waals surface area contributed by atoms with Gasteiger partial charge in [0.2, 0.25) is 0 Å². The van der Waals surface area contributed by atoms with Gasteiger partial charge in [0.05, 0.1) is 18.6 Å². The molecule has 0 radical (unpaired) electrons. The summed E-state index contributed by atoms with van der Waals surface area (Å²) in [5.74, 6) is 2.63. The summed E-state index contributed by atoms with van der Waals surface area (Å²) in [4.78, 5) is 2.80. The molecular formula is C32H39NO5S. The van der Waals surface area contributed by atoms with Gasteiger partial charge in [-0.15, -0.1) is 0 Å². The highest BCUT2D eigenvalue weighted by Crippen LogP contribution is 2.76. The van der Waals surface area contributed by atoms with E-state index in [1.807, 2.05) is 30.3 Å². The van der Waals surface area contributed by atoms with Gasteiger partial charge in [0.25, 0.3) is 0 Å². The van der Waals surface area contributed by atoms with Gasteiger partial charge in [0.15, 0.2) is 21.3 Å². The van der Waals surface area contributed by atoms with Crippen LogP contribution < -0.4 is 9.47 Å². The summed E-state index contributed by atoms with van der Waals surface area (Å²) in [6, 6.07) is 14.4. The van der Waals surface area contributed by atoms with E-state index in [-0.39, 0.29) is 34.4 Å². The van der Waals surface area contributed by atoms with Crippen molar-refractivity contribution in [3.05, 3.63) is 59.2 Å². The van der Waals surface area contributed by atoms with Gasteiger partial charge in [-0.3, -0.25) is 4.90 Å². The van der Waals surface area contributed by atoms with E-state index in [0.717, 1.165) is 61.6 Å². The van der Waals surface area contributed by atoms with Crippen molar-refractivity contribution >= 4 is 9.84 Å². The molecule has 6 atom stereocenters. The SMILES string of the molecule is COc1ccc2c3c1O[C@H]1[C@@]4(OC)CC[C@@]5(C[C@@H]4CS(=O)(=O)Cc4ccccc4)C(C2)N(CC2CC2)CC[C@]315. The molecule has 2 aromatic rings. The van der Waals surface area contributed by atoms with Crippen molar-refractivity contribution in [3.63, 3.8) is 0 Å². The molecule has 4 bridgehead atoms. The number of ether oxygens (including phenoxy) is 3. The van der Waals surface area contributed by atoms with E-state index >= 15 is 0 Å². The standard InChI is InChI=1S/C32H39NO5S/c1-36-25-11-10-23-16-26-30-12-13-32(37-2,24(17-30)20-39(34,35)19-22-6-4-3-5-7-22)29-31(30,27(23)28(25)38-29)14-15-33(26)18-21-8-9-21/h3-7,10-11,21,24,26,29H,8-9,12-20H2,1-2H3/t24-,26?,29-,30-,31+,32-/m1/s1. The molecule has 2 aromatic carbocycles. The first-order valence-electron chi connectivity index (χ1n) is 14.8. The molecule has 7 aliphatic rings. The molecule has 0 amide bonds. The Hall–Kier alpha value is -2.09.